The summed E-state index contributed by atoms with van der Waals surface area (Å²) in [4.78, 5) is 36.1. The first kappa shape index (κ1) is 17.3. The van der Waals surface area contributed by atoms with Crippen LogP contribution < -0.4 is 5.32 Å². The minimum atomic E-state index is -0.961. The third-order valence-electron chi connectivity index (χ3n) is 3.36. The molecule has 120 valence electrons. The van der Waals surface area contributed by atoms with E-state index in [1.807, 2.05) is 13.8 Å². The molecule has 21 heavy (non-hydrogen) atoms. The fraction of sp³-hybridized carbons (Fsp3) is 0.786. The molecule has 0 heterocycles. The summed E-state index contributed by atoms with van der Waals surface area (Å²) in [7, 11) is 0. The number of ether oxygens (including phenoxy) is 1. The van der Waals surface area contributed by atoms with Gasteiger partial charge in [-0.25, -0.2) is 4.79 Å². The fourth-order valence-corrected chi connectivity index (χ4v) is 1.98. The average Bonchev–Trinajstić information content (AvgIpc) is 3.18. The lowest BCUT2D eigenvalue weighted by molar-refractivity contribution is -0.144. The van der Waals surface area contributed by atoms with Gasteiger partial charge in [-0.3, -0.25) is 9.59 Å². The minimum absolute atomic E-state index is 0.00584. The molecule has 1 atom stereocenters. The molecule has 1 aliphatic rings. The van der Waals surface area contributed by atoms with Gasteiger partial charge in [-0.1, -0.05) is 13.8 Å². The Hall–Kier alpha value is -1.79. The molecule has 1 unspecified atom stereocenters. The SMILES string of the molecule is CCOC(=O)CN(C(=O)NC(CC(=O)O)C(C)C)C1CC1. The molecular weight excluding hydrogens is 276 g/mol. The Morgan fingerprint density at radius 1 is 1.33 bits per heavy atom. The molecule has 0 aromatic carbocycles. The van der Waals surface area contributed by atoms with Crippen molar-refractivity contribution < 1.29 is 24.2 Å². The van der Waals surface area contributed by atoms with E-state index in [4.69, 9.17) is 9.84 Å². The molecule has 0 saturated heterocycles. The predicted molar refractivity (Wildman–Crippen MR) is 75.8 cm³/mol. The summed E-state index contributed by atoms with van der Waals surface area (Å²) in [6.07, 6.45) is 1.58. The number of carbonyl (C=O) groups is 3. The number of hydrogen-bond acceptors (Lipinski definition) is 4. The molecule has 0 aromatic heterocycles. The van der Waals surface area contributed by atoms with Crippen LogP contribution >= 0.6 is 0 Å². The van der Waals surface area contributed by atoms with Crippen LogP contribution in [0.5, 0.6) is 0 Å². The van der Waals surface area contributed by atoms with Gasteiger partial charge >= 0.3 is 18.0 Å². The van der Waals surface area contributed by atoms with E-state index < -0.39 is 24.0 Å². The predicted octanol–water partition coefficient (Wildman–Crippen LogP) is 1.22. The number of carboxylic acid groups (broad SMARTS) is 1. The van der Waals surface area contributed by atoms with Crippen molar-refractivity contribution in [3.8, 4) is 0 Å². The maximum atomic E-state index is 12.3. The van der Waals surface area contributed by atoms with Crippen LogP contribution in [-0.2, 0) is 14.3 Å². The number of carboxylic acids is 1. The first-order valence-corrected chi connectivity index (χ1v) is 7.29. The maximum absolute atomic E-state index is 12.3. The number of amides is 2. The first-order valence-electron chi connectivity index (χ1n) is 7.29. The number of rotatable bonds is 8. The van der Waals surface area contributed by atoms with E-state index in [2.05, 4.69) is 5.32 Å². The van der Waals surface area contributed by atoms with E-state index in [9.17, 15) is 14.4 Å². The highest BCUT2D eigenvalue weighted by Crippen LogP contribution is 2.27. The van der Waals surface area contributed by atoms with Gasteiger partial charge in [0.15, 0.2) is 0 Å². The molecular formula is C14H24N2O5. The van der Waals surface area contributed by atoms with Crippen molar-refractivity contribution in [3.05, 3.63) is 0 Å². The molecule has 2 N–H and O–H groups in total. The van der Waals surface area contributed by atoms with Crippen LogP contribution in [0.25, 0.3) is 0 Å². The number of esters is 1. The zero-order valence-electron chi connectivity index (χ0n) is 12.8. The zero-order valence-corrected chi connectivity index (χ0v) is 12.8. The summed E-state index contributed by atoms with van der Waals surface area (Å²) in [5, 5.41) is 11.6. The zero-order chi connectivity index (χ0) is 16.0. The van der Waals surface area contributed by atoms with Crippen LogP contribution in [0.1, 0.15) is 40.0 Å². The molecule has 0 spiro atoms. The van der Waals surface area contributed by atoms with Gasteiger partial charge < -0.3 is 20.1 Å². The summed E-state index contributed by atoms with van der Waals surface area (Å²) in [5.41, 5.74) is 0. The number of aliphatic carboxylic acids is 1. The lowest BCUT2D eigenvalue weighted by Crippen LogP contribution is -2.50. The van der Waals surface area contributed by atoms with E-state index in [1.165, 1.54) is 4.90 Å². The second kappa shape index (κ2) is 7.85. The van der Waals surface area contributed by atoms with Gasteiger partial charge in [0.1, 0.15) is 6.54 Å². The van der Waals surface area contributed by atoms with Gasteiger partial charge in [0.2, 0.25) is 0 Å². The molecule has 1 rings (SSSR count). The van der Waals surface area contributed by atoms with Crippen LogP contribution in [-0.4, -0.2) is 53.2 Å². The highest BCUT2D eigenvalue weighted by atomic mass is 16.5. The third-order valence-corrected chi connectivity index (χ3v) is 3.36. The van der Waals surface area contributed by atoms with Crippen LogP contribution in [0.4, 0.5) is 4.79 Å². The molecule has 2 amide bonds. The van der Waals surface area contributed by atoms with Crippen LogP contribution in [0.2, 0.25) is 0 Å². The summed E-state index contributed by atoms with van der Waals surface area (Å²) >= 11 is 0. The van der Waals surface area contributed by atoms with Gasteiger partial charge in [0.05, 0.1) is 13.0 Å². The molecule has 1 saturated carbocycles. The number of carbonyl (C=O) groups excluding carboxylic acids is 2. The lowest BCUT2D eigenvalue weighted by Gasteiger charge is -2.27. The van der Waals surface area contributed by atoms with E-state index in [0.29, 0.717) is 0 Å². The van der Waals surface area contributed by atoms with Crippen molar-refractivity contribution in [3.63, 3.8) is 0 Å². The van der Waals surface area contributed by atoms with Crippen molar-refractivity contribution in [1.29, 1.82) is 0 Å². The van der Waals surface area contributed by atoms with Crippen molar-refractivity contribution >= 4 is 18.0 Å². The van der Waals surface area contributed by atoms with Crippen molar-refractivity contribution in [2.75, 3.05) is 13.2 Å². The highest BCUT2D eigenvalue weighted by Gasteiger charge is 2.35. The second-order valence-electron chi connectivity index (χ2n) is 5.56. The Labute approximate surface area is 124 Å². The normalized spacial score (nSPS) is 15.4. The van der Waals surface area contributed by atoms with E-state index >= 15 is 0 Å². The molecule has 1 aliphatic carbocycles. The highest BCUT2D eigenvalue weighted by molar-refractivity contribution is 5.82. The molecule has 1 fully saturated rings. The Morgan fingerprint density at radius 3 is 2.38 bits per heavy atom. The second-order valence-corrected chi connectivity index (χ2v) is 5.56. The molecule has 0 aliphatic heterocycles. The van der Waals surface area contributed by atoms with Gasteiger partial charge in [-0.15, -0.1) is 0 Å². The molecule has 0 bridgehead atoms. The smallest absolute Gasteiger partial charge is 0.325 e. The Bertz CT molecular complexity index is 393. The molecule has 7 nitrogen and oxygen atoms in total. The Balaban J connectivity index is 2.62. The topological polar surface area (TPSA) is 95.9 Å². The van der Waals surface area contributed by atoms with Crippen LogP contribution in [0, 0.1) is 5.92 Å². The average molecular weight is 300 g/mol. The van der Waals surface area contributed by atoms with Crippen LogP contribution in [0.15, 0.2) is 0 Å². The first-order chi connectivity index (χ1) is 9.85. The molecule has 7 heteroatoms. The summed E-state index contributed by atoms with van der Waals surface area (Å²) in [5.74, 6) is -1.41. The summed E-state index contributed by atoms with van der Waals surface area (Å²) < 4.78 is 4.86. The minimum Gasteiger partial charge on any atom is -0.481 e. The quantitative estimate of drug-likeness (QED) is 0.657. The number of urea groups is 1. The largest absolute Gasteiger partial charge is 0.481 e. The van der Waals surface area contributed by atoms with Crippen molar-refractivity contribution in [2.24, 2.45) is 5.92 Å². The van der Waals surface area contributed by atoms with E-state index in [-0.39, 0.29) is 31.5 Å². The van der Waals surface area contributed by atoms with Crippen molar-refractivity contribution in [2.45, 2.75) is 52.1 Å². The number of nitrogens with one attached hydrogen (secondary N) is 1. The molecule has 0 aromatic rings. The summed E-state index contributed by atoms with van der Waals surface area (Å²) in [6, 6.07) is -0.809. The fourth-order valence-electron chi connectivity index (χ4n) is 1.98. The van der Waals surface area contributed by atoms with Gasteiger partial charge in [0, 0.05) is 12.1 Å². The van der Waals surface area contributed by atoms with Gasteiger partial charge in [0.25, 0.3) is 0 Å². The lowest BCUT2D eigenvalue weighted by atomic mass is 10.0. The third kappa shape index (κ3) is 6.01. The van der Waals surface area contributed by atoms with Gasteiger partial charge in [-0.05, 0) is 25.7 Å². The standard InChI is InChI=1S/C14H24N2O5/c1-4-21-13(19)8-16(10-5-6-10)14(20)15-11(9(2)3)7-12(17)18/h9-11H,4-8H2,1-3H3,(H,15,20)(H,17,18). The Morgan fingerprint density at radius 2 is 1.95 bits per heavy atom. The van der Waals surface area contributed by atoms with E-state index in [1.54, 1.807) is 6.92 Å². The van der Waals surface area contributed by atoms with Gasteiger partial charge in [-0.2, -0.15) is 0 Å². The maximum Gasteiger partial charge on any atom is 0.325 e. The monoisotopic (exact) mass is 300 g/mol. The van der Waals surface area contributed by atoms with E-state index in [0.717, 1.165) is 12.8 Å². The number of nitrogens with zero attached hydrogens (tertiary/aromatic N) is 1. The van der Waals surface area contributed by atoms with Crippen molar-refractivity contribution in [1.82, 2.24) is 10.2 Å². The molecule has 0 radical (unpaired) electrons. The number of hydrogen-bond donors (Lipinski definition) is 2. The summed E-state index contributed by atoms with van der Waals surface area (Å²) in [6.45, 7) is 5.58. The Kier molecular flexibility index (Phi) is 6.45. The van der Waals surface area contributed by atoms with Crippen LogP contribution in [0.3, 0.4) is 0 Å².